The highest BCUT2D eigenvalue weighted by atomic mass is 32.2. The molecule has 8 heteroatoms. The zero-order chi connectivity index (χ0) is 19.9. The lowest BCUT2D eigenvalue weighted by molar-refractivity contribution is -0.120. The number of rotatable bonds is 8. The van der Waals surface area contributed by atoms with E-state index in [2.05, 4.69) is 15.5 Å². The summed E-state index contributed by atoms with van der Waals surface area (Å²) in [6, 6.07) is 15.1. The molecule has 0 spiro atoms. The molecule has 0 fully saturated rings. The fraction of sp³-hybridized carbons (Fsp3) is 0.250. The minimum atomic E-state index is -0.378. The Bertz CT molecular complexity index is 908. The molecule has 146 valence electrons. The van der Waals surface area contributed by atoms with E-state index in [1.807, 2.05) is 30.3 Å². The largest absolute Gasteiger partial charge is 0.497 e. The molecule has 0 radical (unpaired) electrons. The van der Waals surface area contributed by atoms with Crippen molar-refractivity contribution in [3.63, 3.8) is 0 Å². The van der Waals surface area contributed by atoms with Crippen LogP contribution < -0.4 is 14.8 Å². The van der Waals surface area contributed by atoms with Crippen molar-refractivity contribution in [2.24, 2.45) is 0 Å². The van der Waals surface area contributed by atoms with Gasteiger partial charge in [0.2, 0.25) is 11.8 Å². The fourth-order valence-corrected chi connectivity index (χ4v) is 3.15. The third kappa shape index (κ3) is 5.04. The van der Waals surface area contributed by atoms with Crippen LogP contribution in [0.25, 0.3) is 11.5 Å². The summed E-state index contributed by atoms with van der Waals surface area (Å²) in [6.07, 6.45) is 0. The second kappa shape index (κ2) is 9.27. The number of methoxy groups -OCH3 is 2. The van der Waals surface area contributed by atoms with Crippen molar-refractivity contribution in [1.29, 1.82) is 0 Å². The van der Waals surface area contributed by atoms with E-state index in [1.165, 1.54) is 11.8 Å². The van der Waals surface area contributed by atoms with Crippen molar-refractivity contribution in [3.05, 3.63) is 54.1 Å². The first-order chi connectivity index (χ1) is 13.6. The molecule has 0 unspecified atom stereocenters. The molecule has 0 aliphatic rings. The third-order valence-electron chi connectivity index (χ3n) is 3.96. The van der Waals surface area contributed by atoms with E-state index in [4.69, 9.17) is 13.9 Å². The lowest BCUT2D eigenvalue weighted by Gasteiger charge is -2.09. The van der Waals surface area contributed by atoms with Gasteiger partial charge in [-0.1, -0.05) is 42.1 Å². The number of hydrogen-bond acceptors (Lipinski definition) is 7. The molecule has 2 aromatic carbocycles. The van der Waals surface area contributed by atoms with E-state index in [1.54, 1.807) is 39.3 Å². The van der Waals surface area contributed by atoms with Gasteiger partial charge in [-0.2, -0.15) is 0 Å². The summed E-state index contributed by atoms with van der Waals surface area (Å²) in [4.78, 5) is 12.3. The van der Waals surface area contributed by atoms with Crippen molar-refractivity contribution < 1.29 is 18.7 Å². The average molecular weight is 399 g/mol. The number of carbonyl (C=O) groups excluding carboxylic acids is 1. The maximum Gasteiger partial charge on any atom is 0.277 e. The maximum absolute atomic E-state index is 12.3. The number of nitrogens with zero attached hydrogens (tertiary/aromatic N) is 2. The highest BCUT2D eigenvalue weighted by Crippen LogP contribution is 2.31. The van der Waals surface area contributed by atoms with Crippen LogP contribution in [0.2, 0.25) is 0 Å². The molecule has 7 nitrogen and oxygen atoms in total. The van der Waals surface area contributed by atoms with E-state index in [-0.39, 0.29) is 11.2 Å². The number of benzene rings is 2. The van der Waals surface area contributed by atoms with Crippen LogP contribution in [0.15, 0.2) is 58.2 Å². The number of thioether (sulfide) groups is 1. The lowest BCUT2D eigenvalue weighted by Crippen LogP contribution is -2.30. The van der Waals surface area contributed by atoms with E-state index < -0.39 is 0 Å². The second-order valence-corrected chi connectivity index (χ2v) is 7.23. The van der Waals surface area contributed by atoms with Gasteiger partial charge in [0, 0.05) is 18.2 Å². The summed E-state index contributed by atoms with van der Waals surface area (Å²) in [5.41, 5.74) is 1.72. The summed E-state index contributed by atoms with van der Waals surface area (Å²) in [7, 11) is 3.15. The molecule has 0 aliphatic heterocycles. The van der Waals surface area contributed by atoms with Gasteiger partial charge in [-0.3, -0.25) is 4.79 Å². The van der Waals surface area contributed by atoms with E-state index in [9.17, 15) is 4.79 Å². The van der Waals surface area contributed by atoms with Crippen LogP contribution in [0.3, 0.4) is 0 Å². The first-order valence-corrected chi connectivity index (χ1v) is 9.52. The number of ether oxygens (including phenoxy) is 2. The molecular weight excluding hydrogens is 378 g/mol. The lowest BCUT2D eigenvalue weighted by atomic mass is 10.2. The molecule has 0 aliphatic carbocycles. The van der Waals surface area contributed by atoms with Crippen LogP contribution in [0.4, 0.5) is 0 Å². The number of amides is 1. The van der Waals surface area contributed by atoms with Gasteiger partial charge in [-0.05, 0) is 24.6 Å². The Morgan fingerprint density at radius 2 is 1.79 bits per heavy atom. The Labute approximate surface area is 167 Å². The maximum atomic E-state index is 12.3. The Hall–Kier alpha value is -3.00. The molecule has 0 bridgehead atoms. The SMILES string of the molecule is COc1cc(OC)cc(-c2nnc(S[C@H](C)C(=O)NCc3ccccc3)o2)c1. The standard InChI is InChI=1S/C20H21N3O4S/c1-13(18(24)21-12-14-7-5-4-6-8-14)28-20-23-22-19(27-20)15-9-16(25-2)11-17(10-15)26-3/h4-11,13H,12H2,1-3H3,(H,21,24)/t13-/m1/s1. The third-order valence-corrected chi connectivity index (χ3v) is 4.90. The van der Waals surface area contributed by atoms with Crippen LogP contribution in [-0.4, -0.2) is 35.6 Å². The zero-order valence-corrected chi connectivity index (χ0v) is 16.7. The molecule has 0 saturated heterocycles. The molecule has 1 aromatic heterocycles. The number of carbonyl (C=O) groups is 1. The monoisotopic (exact) mass is 399 g/mol. The Balaban J connectivity index is 1.63. The van der Waals surface area contributed by atoms with Gasteiger partial charge in [0.15, 0.2) is 0 Å². The smallest absolute Gasteiger partial charge is 0.277 e. The molecular formula is C20H21N3O4S. The Kier molecular flexibility index (Phi) is 6.54. The van der Waals surface area contributed by atoms with Crippen LogP contribution in [-0.2, 0) is 11.3 Å². The topological polar surface area (TPSA) is 86.5 Å². The van der Waals surface area contributed by atoms with Crippen molar-refractivity contribution in [1.82, 2.24) is 15.5 Å². The van der Waals surface area contributed by atoms with Crippen molar-refractivity contribution in [3.8, 4) is 23.0 Å². The Morgan fingerprint density at radius 1 is 1.11 bits per heavy atom. The van der Waals surface area contributed by atoms with Gasteiger partial charge >= 0.3 is 0 Å². The fourth-order valence-electron chi connectivity index (χ4n) is 2.44. The number of hydrogen-bond donors (Lipinski definition) is 1. The summed E-state index contributed by atoms with van der Waals surface area (Å²) < 4.78 is 16.2. The highest BCUT2D eigenvalue weighted by molar-refractivity contribution is 8.00. The molecule has 3 aromatic rings. The number of nitrogens with one attached hydrogen (secondary N) is 1. The first-order valence-electron chi connectivity index (χ1n) is 8.64. The predicted molar refractivity (Wildman–Crippen MR) is 106 cm³/mol. The van der Waals surface area contributed by atoms with Gasteiger partial charge in [0.05, 0.1) is 19.5 Å². The molecule has 28 heavy (non-hydrogen) atoms. The quantitative estimate of drug-likeness (QED) is 0.580. The van der Waals surface area contributed by atoms with Gasteiger partial charge in [0.25, 0.3) is 5.22 Å². The summed E-state index contributed by atoms with van der Waals surface area (Å²) in [6.45, 7) is 2.27. The van der Waals surface area contributed by atoms with E-state index in [0.717, 1.165) is 5.56 Å². The first kappa shape index (κ1) is 19.8. The van der Waals surface area contributed by atoms with Gasteiger partial charge < -0.3 is 19.2 Å². The molecule has 1 heterocycles. The summed E-state index contributed by atoms with van der Waals surface area (Å²) in [5, 5.41) is 10.9. The van der Waals surface area contributed by atoms with Gasteiger partial charge in [0.1, 0.15) is 11.5 Å². The predicted octanol–water partition coefficient (Wildman–Crippen LogP) is 3.55. The van der Waals surface area contributed by atoms with Crippen LogP contribution in [0.1, 0.15) is 12.5 Å². The van der Waals surface area contributed by atoms with Gasteiger partial charge in [-0.15, -0.1) is 10.2 Å². The van der Waals surface area contributed by atoms with Crippen molar-refractivity contribution in [2.75, 3.05) is 14.2 Å². The van der Waals surface area contributed by atoms with Crippen molar-refractivity contribution >= 4 is 17.7 Å². The van der Waals surface area contributed by atoms with Crippen LogP contribution in [0.5, 0.6) is 11.5 Å². The normalized spacial score (nSPS) is 11.7. The van der Waals surface area contributed by atoms with Crippen LogP contribution in [0, 0.1) is 0 Å². The minimum absolute atomic E-state index is 0.100. The Morgan fingerprint density at radius 3 is 2.43 bits per heavy atom. The molecule has 0 saturated carbocycles. The molecule has 1 atom stereocenters. The van der Waals surface area contributed by atoms with E-state index in [0.29, 0.717) is 34.7 Å². The van der Waals surface area contributed by atoms with Crippen LogP contribution >= 0.6 is 11.8 Å². The molecule has 1 amide bonds. The second-order valence-electron chi connectivity index (χ2n) is 5.94. The van der Waals surface area contributed by atoms with Crippen molar-refractivity contribution in [2.45, 2.75) is 23.9 Å². The average Bonchev–Trinajstić information content (AvgIpc) is 3.20. The zero-order valence-electron chi connectivity index (χ0n) is 15.8. The highest BCUT2D eigenvalue weighted by Gasteiger charge is 2.19. The summed E-state index contributed by atoms with van der Waals surface area (Å²) in [5.74, 6) is 1.47. The summed E-state index contributed by atoms with van der Waals surface area (Å²) >= 11 is 1.21. The number of aromatic nitrogens is 2. The van der Waals surface area contributed by atoms with E-state index >= 15 is 0 Å². The molecule has 1 N–H and O–H groups in total. The molecule has 3 rings (SSSR count). The minimum Gasteiger partial charge on any atom is -0.497 e. The van der Waals surface area contributed by atoms with Gasteiger partial charge in [-0.25, -0.2) is 0 Å².